The van der Waals surface area contributed by atoms with E-state index in [2.05, 4.69) is 0 Å². The zero-order valence-corrected chi connectivity index (χ0v) is 4.79. The predicted molar refractivity (Wildman–Crippen MR) is 39.8 cm³/mol. The average Bonchev–Trinajstić information content (AvgIpc) is 1.27. The van der Waals surface area contributed by atoms with E-state index in [-0.39, 0.29) is 21.3 Å². The molecule has 0 N–H and O–H groups in total. The SMILES string of the molecule is C.C.O=C(Cl)CC(=O)Cl. The topological polar surface area (TPSA) is 34.1 Å². The highest BCUT2D eigenvalue weighted by Crippen LogP contribution is 1.92. The third kappa shape index (κ3) is 18.1. The van der Waals surface area contributed by atoms with Crippen LogP contribution in [0.15, 0.2) is 0 Å². The molecular formula is C5H10Cl2O2. The molecule has 0 unspecified atom stereocenters. The molecule has 0 atom stereocenters. The summed E-state index contributed by atoms with van der Waals surface area (Å²) in [5.74, 6) is 0. The van der Waals surface area contributed by atoms with Gasteiger partial charge in [0.25, 0.3) is 0 Å². The van der Waals surface area contributed by atoms with Crippen LogP contribution >= 0.6 is 23.2 Å². The molecule has 56 valence electrons. The Labute approximate surface area is 65.1 Å². The molecule has 0 rings (SSSR count). The van der Waals surface area contributed by atoms with Crippen molar-refractivity contribution in [2.45, 2.75) is 21.3 Å². The minimum Gasteiger partial charge on any atom is -0.281 e. The second-order valence-electron chi connectivity index (χ2n) is 0.887. The third-order valence-electron chi connectivity index (χ3n) is 0.278. The summed E-state index contributed by atoms with van der Waals surface area (Å²) in [7, 11) is 0. The Morgan fingerprint density at radius 1 is 1.00 bits per heavy atom. The van der Waals surface area contributed by atoms with Crippen LogP contribution in [0, 0.1) is 0 Å². The van der Waals surface area contributed by atoms with E-state index in [0.717, 1.165) is 0 Å². The summed E-state index contributed by atoms with van der Waals surface area (Å²) in [6.45, 7) is 0. The fraction of sp³-hybridized carbons (Fsp3) is 0.600. The number of carbonyl (C=O) groups is 2. The summed E-state index contributed by atoms with van der Waals surface area (Å²) in [5.41, 5.74) is 0. The highest BCUT2D eigenvalue weighted by molar-refractivity contribution is 6.72. The Balaban J connectivity index is -0.000000180. The van der Waals surface area contributed by atoms with Gasteiger partial charge in [0, 0.05) is 0 Å². The first kappa shape index (κ1) is 16.0. The fourth-order valence-corrected chi connectivity index (χ4v) is 0.420. The van der Waals surface area contributed by atoms with Gasteiger partial charge < -0.3 is 0 Å². The van der Waals surface area contributed by atoms with Crippen molar-refractivity contribution in [2.75, 3.05) is 0 Å². The van der Waals surface area contributed by atoms with Crippen LogP contribution in [0.25, 0.3) is 0 Å². The molecule has 0 amide bonds. The van der Waals surface area contributed by atoms with Crippen LogP contribution in [0.4, 0.5) is 0 Å². The van der Waals surface area contributed by atoms with E-state index in [0.29, 0.717) is 0 Å². The fourth-order valence-electron chi connectivity index (χ4n) is 0.109. The molecule has 2 nitrogen and oxygen atoms in total. The van der Waals surface area contributed by atoms with Crippen LogP contribution in [-0.2, 0) is 9.59 Å². The van der Waals surface area contributed by atoms with Gasteiger partial charge in [-0.1, -0.05) is 14.9 Å². The van der Waals surface area contributed by atoms with E-state index in [1.807, 2.05) is 0 Å². The van der Waals surface area contributed by atoms with Crippen molar-refractivity contribution < 1.29 is 9.59 Å². The second-order valence-corrected chi connectivity index (χ2v) is 1.73. The first-order valence-corrected chi connectivity index (χ1v) is 2.25. The second kappa shape index (κ2) is 7.92. The Morgan fingerprint density at radius 2 is 1.22 bits per heavy atom. The molecule has 0 aliphatic heterocycles. The normalized spacial score (nSPS) is 6.44. The summed E-state index contributed by atoms with van der Waals surface area (Å²) in [6.07, 6.45) is -0.386. The van der Waals surface area contributed by atoms with E-state index in [4.69, 9.17) is 23.2 Å². The minimum absolute atomic E-state index is 0. The Bertz CT molecular complexity index is 89.1. The number of halogens is 2. The van der Waals surface area contributed by atoms with Crippen molar-refractivity contribution in [1.82, 2.24) is 0 Å². The van der Waals surface area contributed by atoms with Crippen LogP contribution in [0.1, 0.15) is 21.3 Å². The first-order chi connectivity index (χ1) is 3.13. The lowest BCUT2D eigenvalue weighted by molar-refractivity contribution is -0.118. The molecule has 0 saturated heterocycles. The number of carbonyl (C=O) groups excluding carboxylic acids is 2. The zero-order valence-electron chi connectivity index (χ0n) is 3.28. The molecule has 0 aliphatic carbocycles. The molecule has 9 heavy (non-hydrogen) atoms. The number of hydrogen-bond donors (Lipinski definition) is 0. The summed E-state index contributed by atoms with van der Waals surface area (Å²) < 4.78 is 0. The van der Waals surface area contributed by atoms with Crippen LogP contribution in [-0.4, -0.2) is 10.5 Å². The van der Waals surface area contributed by atoms with Crippen molar-refractivity contribution in [1.29, 1.82) is 0 Å². The third-order valence-corrected chi connectivity index (χ3v) is 0.545. The molecule has 0 saturated carbocycles. The Kier molecular flexibility index (Phi) is 14.0. The van der Waals surface area contributed by atoms with Gasteiger partial charge >= 0.3 is 0 Å². The largest absolute Gasteiger partial charge is 0.281 e. The Morgan fingerprint density at radius 3 is 1.22 bits per heavy atom. The van der Waals surface area contributed by atoms with Crippen molar-refractivity contribution in [2.24, 2.45) is 0 Å². The van der Waals surface area contributed by atoms with Crippen LogP contribution in [0.2, 0.25) is 0 Å². The average molecular weight is 173 g/mol. The van der Waals surface area contributed by atoms with E-state index in [1.165, 1.54) is 0 Å². The predicted octanol–water partition coefficient (Wildman–Crippen LogP) is 2.18. The molecule has 0 aromatic rings. The molecule has 4 heteroatoms. The van der Waals surface area contributed by atoms with Gasteiger partial charge in [0.05, 0.1) is 6.42 Å². The maximum Gasteiger partial charge on any atom is 0.230 e. The smallest absolute Gasteiger partial charge is 0.230 e. The van der Waals surface area contributed by atoms with Gasteiger partial charge in [-0.15, -0.1) is 0 Å². The van der Waals surface area contributed by atoms with Crippen molar-refractivity contribution >= 4 is 33.7 Å². The standard InChI is InChI=1S/C3H2Cl2O2.2CH4/c4-2(6)1-3(5)7;;/h1H2;2*1H4. The van der Waals surface area contributed by atoms with Gasteiger partial charge in [-0.05, 0) is 23.2 Å². The van der Waals surface area contributed by atoms with Gasteiger partial charge in [-0.25, -0.2) is 0 Å². The lowest BCUT2D eigenvalue weighted by Gasteiger charge is -1.76. The molecule has 0 aliphatic rings. The van der Waals surface area contributed by atoms with Crippen LogP contribution < -0.4 is 0 Å². The molecule has 0 heterocycles. The molecule has 0 aromatic carbocycles. The maximum absolute atomic E-state index is 9.71. The van der Waals surface area contributed by atoms with Crippen LogP contribution in [0.3, 0.4) is 0 Å². The summed E-state index contributed by atoms with van der Waals surface area (Å²) in [5, 5.41) is -1.44. The van der Waals surface area contributed by atoms with Gasteiger partial charge in [0.15, 0.2) is 0 Å². The summed E-state index contributed by atoms with van der Waals surface area (Å²) in [6, 6.07) is 0. The van der Waals surface area contributed by atoms with Gasteiger partial charge in [0.2, 0.25) is 10.5 Å². The molecule has 0 fully saturated rings. The number of rotatable bonds is 2. The Hall–Kier alpha value is -0.0800. The monoisotopic (exact) mass is 172 g/mol. The van der Waals surface area contributed by atoms with Crippen molar-refractivity contribution in [3.63, 3.8) is 0 Å². The summed E-state index contributed by atoms with van der Waals surface area (Å²) in [4.78, 5) is 19.4. The van der Waals surface area contributed by atoms with E-state index in [9.17, 15) is 9.59 Å². The minimum atomic E-state index is -0.722. The van der Waals surface area contributed by atoms with E-state index < -0.39 is 10.5 Å². The van der Waals surface area contributed by atoms with Crippen LogP contribution in [0.5, 0.6) is 0 Å². The van der Waals surface area contributed by atoms with Gasteiger partial charge in [-0.2, -0.15) is 0 Å². The quantitative estimate of drug-likeness (QED) is 0.473. The highest BCUT2D eigenvalue weighted by atomic mass is 35.5. The lowest BCUT2D eigenvalue weighted by Crippen LogP contribution is -1.92. The molecule has 0 aromatic heterocycles. The van der Waals surface area contributed by atoms with Gasteiger partial charge in [0.1, 0.15) is 0 Å². The maximum atomic E-state index is 9.71. The van der Waals surface area contributed by atoms with E-state index >= 15 is 0 Å². The number of hydrogen-bond acceptors (Lipinski definition) is 2. The van der Waals surface area contributed by atoms with Crippen molar-refractivity contribution in [3.8, 4) is 0 Å². The molecule has 0 spiro atoms. The molecule has 0 bridgehead atoms. The zero-order chi connectivity index (χ0) is 5.86. The van der Waals surface area contributed by atoms with Gasteiger partial charge in [-0.3, -0.25) is 9.59 Å². The van der Waals surface area contributed by atoms with Crippen molar-refractivity contribution in [3.05, 3.63) is 0 Å². The molecule has 0 radical (unpaired) electrons. The van der Waals surface area contributed by atoms with E-state index in [1.54, 1.807) is 0 Å². The summed E-state index contributed by atoms with van der Waals surface area (Å²) >= 11 is 9.46. The first-order valence-electron chi connectivity index (χ1n) is 1.49. The highest BCUT2D eigenvalue weighted by Gasteiger charge is 2.00. The molecular weight excluding hydrogens is 163 g/mol. The lowest BCUT2D eigenvalue weighted by atomic mass is 10.5.